The van der Waals surface area contributed by atoms with E-state index in [0.717, 1.165) is 0 Å². The molecule has 1 aliphatic rings. The molecule has 0 atom stereocenters. The number of nitrogens with one attached hydrogen (secondary N) is 1. The number of aromatic amines is 1. The van der Waals surface area contributed by atoms with Crippen LogP contribution in [0.5, 0.6) is 0 Å². The first kappa shape index (κ1) is 13.5. The highest BCUT2D eigenvalue weighted by Crippen LogP contribution is 2.22. The van der Waals surface area contributed by atoms with Crippen molar-refractivity contribution in [1.29, 1.82) is 0 Å². The maximum absolute atomic E-state index is 12.3. The summed E-state index contributed by atoms with van der Waals surface area (Å²) in [5, 5.41) is 8.94. The van der Waals surface area contributed by atoms with Gasteiger partial charge in [0.25, 0.3) is 0 Å². The number of sulfonamides is 1. The molecule has 2 N–H and O–H groups in total. The first-order chi connectivity index (χ1) is 8.57. The van der Waals surface area contributed by atoms with Crippen molar-refractivity contribution in [2.24, 2.45) is 0 Å². The lowest BCUT2D eigenvalue weighted by Gasteiger charge is -2.30. The molecule has 0 bridgehead atoms. The van der Waals surface area contributed by atoms with Gasteiger partial charge in [-0.25, -0.2) is 8.42 Å². The molecular weight excluding hydrogens is 256 g/mol. The molecule has 0 radical (unpaired) electrons. The molecule has 0 aliphatic carbocycles. The molecular formula is C11H18N2O4S. The smallest absolute Gasteiger partial charge is 0.244 e. The Labute approximate surface area is 107 Å². The van der Waals surface area contributed by atoms with Crippen LogP contribution in [-0.2, 0) is 21.4 Å². The topological polar surface area (TPSA) is 82.6 Å². The van der Waals surface area contributed by atoms with Crippen LogP contribution in [0.1, 0.15) is 18.5 Å². The first-order valence-corrected chi connectivity index (χ1v) is 7.33. The molecule has 1 aromatic heterocycles. The summed E-state index contributed by atoms with van der Waals surface area (Å²) in [7, 11) is -1.80. The summed E-state index contributed by atoms with van der Waals surface area (Å²) in [5.41, 5.74) is 0.500. The number of hydrogen-bond acceptors (Lipinski definition) is 4. The van der Waals surface area contributed by atoms with Gasteiger partial charge in [-0.2, -0.15) is 4.31 Å². The minimum Gasteiger partial charge on any atom is -0.390 e. The summed E-state index contributed by atoms with van der Waals surface area (Å²) in [6.07, 6.45) is 3.00. The Bertz CT molecular complexity index is 489. The molecule has 1 aromatic rings. The number of methoxy groups -OCH3 is 1. The van der Waals surface area contributed by atoms with Gasteiger partial charge in [-0.05, 0) is 18.9 Å². The third-order valence-corrected chi connectivity index (χ3v) is 5.14. The van der Waals surface area contributed by atoms with Gasteiger partial charge in [0.15, 0.2) is 0 Å². The van der Waals surface area contributed by atoms with E-state index in [0.29, 0.717) is 31.6 Å². The molecule has 2 rings (SSSR count). The van der Waals surface area contributed by atoms with E-state index in [-0.39, 0.29) is 17.6 Å². The summed E-state index contributed by atoms with van der Waals surface area (Å²) in [6.45, 7) is 0.752. The van der Waals surface area contributed by atoms with Crippen molar-refractivity contribution in [1.82, 2.24) is 9.29 Å². The predicted molar refractivity (Wildman–Crippen MR) is 65.5 cm³/mol. The second kappa shape index (κ2) is 5.40. The van der Waals surface area contributed by atoms with E-state index in [2.05, 4.69) is 4.98 Å². The van der Waals surface area contributed by atoms with E-state index in [9.17, 15) is 8.42 Å². The van der Waals surface area contributed by atoms with Crippen LogP contribution in [0.15, 0.2) is 17.2 Å². The lowest BCUT2D eigenvalue weighted by Crippen LogP contribution is -2.40. The summed E-state index contributed by atoms with van der Waals surface area (Å²) in [4.78, 5) is 2.95. The highest BCUT2D eigenvalue weighted by atomic mass is 32.2. The van der Waals surface area contributed by atoms with Crippen molar-refractivity contribution in [3.63, 3.8) is 0 Å². The number of rotatable bonds is 4. The molecule has 18 heavy (non-hydrogen) atoms. The normalized spacial score (nSPS) is 19.2. The van der Waals surface area contributed by atoms with Crippen LogP contribution >= 0.6 is 0 Å². The molecule has 102 valence electrons. The third kappa shape index (κ3) is 2.59. The Morgan fingerprint density at radius 3 is 2.67 bits per heavy atom. The molecule has 1 aliphatic heterocycles. The van der Waals surface area contributed by atoms with Crippen LogP contribution in [0.2, 0.25) is 0 Å². The number of ether oxygens (including phenoxy) is 1. The van der Waals surface area contributed by atoms with E-state index in [1.54, 1.807) is 7.11 Å². The second-order valence-electron chi connectivity index (χ2n) is 4.36. The number of hydrogen-bond donors (Lipinski definition) is 2. The predicted octanol–water partition coefficient (Wildman–Crippen LogP) is 0.307. The highest BCUT2D eigenvalue weighted by molar-refractivity contribution is 7.89. The summed E-state index contributed by atoms with van der Waals surface area (Å²) >= 11 is 0. The number of nitrogens with zero attached hydrogens (tertiary/aromatic N) is 1. The molecule has 0 aromatic carbocycles. The highest BCUT2D eigenvalue weighted by Gasteiger charge is 2.29. The van der Waals surface area contributed by atoms with Crippen LogP contribution in [0.25, 0.3) is 0 Å². The summed E-state index contributed by atoms with van der Waals surface area (Å²) in [6, 6.07) is 1.47. The third-order valence-electron chi connectivity index (χ3n) is 3.26. The van der Waals surface area contributed by atoms with Crippen molar-refractivity contribution in [2.75, 3.05) is 20.2 Å². The molecule has 1 fully saturated rings. The Kier molecular flexibility index (Phi) is 4.06. The number of piperidine rings is 1. The first-order valence-electron chi connectivity index (χ1n) is 5.89. The molecule has 2 heterocycles. The maximum Gasteiger partial charge on any atom is 0.244 e. The zero-order valence-corrected chi connectivity index (χ0v) is 11.1. The van der Waals surface area contributed by atoms with E-state index < -0.39 is 10.0 Å². The van der Waals surface area contributed by atoms with E-state index in [1.807, 2.05) is 0 Å². The fraction of sp³-hybridized carbons (Fsp3) is 0.636. The van der Waals surface area contributed by atoms with Crippen molar-refractivity contribution in [2.45, 2.75) is 30.4 Å². The number of aliphatic hydroxyl groups excluding tert-OH is 1. The van der Waals surface area contributed by atoms with Crippen LogP contribution in [0.3, 0.4) is 0 Å². The van der Waals surface area contributed by atoms with Crippen molar-refractivity contribution in [3.05, 3.63) is 18.0 Å². The molecule has 6 nitrogen and oxygen atoms in total. The number of aromatic nitrogens is 1. The van der Waals surface area contributed by atoms with Gasteiger partial charge in [0.1, 0.15) is 0 Å². The van der Waals surface area contributed by atoms with E-state index in [4.69, 9.17) is 9.84 Å². The minimum absolute atomic E-state index is 0.149. The van der Waals surface area contributed by atoms with Gasteiger partial charge in [0.2, 0.25) is 10.0 Å². The lowest BCUT2D eigenvalue weighted by molar-refractivity contribution is 0.0604. The quantitative estimate of drug-likeness (QED) is 0.827. The van der Waals surface area contributed by atoms with E-state index in [1.165, 1.54) is 16.6 Å². The van der Waals surface area contributed by atoms with Gasteiger partial charge < -0.3 is 14.8 Å². The maximum atomic E-state index is 12.3. The van der Waals surface area contributed by atoms with Gasteiger partial charge in [0.05, 0.1) is 17.6 Å². The molecule has 0 unspecified atom stereocenters. The average Bonchev–Trinajstić information content (AvgIpc) is 2.88. The zero-order chi connectivity index (χ0) is 13.2. The van der Waals surface area contributed by atoms with E-state index >= 15 is 0 Å². The molecule has 0 amide bonds. The van der Waals surface area contributed by atoms with Crippen molar-refractivity contribution in [3.8, 4) is 0 Å². The van der Waals surface area contributed by atoms with Crippen molar-refractivity contribution >= 4 is 10.0 Å². The van der Waals surface area contributed by atoms with Crippen LogP contribution in [0, 0.1) is 0 Å². The Balaban J connectivity index is 2.12. The Morgan fingerprint density at radius 1 is 1.50 bits per heavy atom. The fourth-order valence-electron chi connectivity index (χ4n) is 2.12. The van der Waals surface area contributed by atoms with Gasteiger partial charge in [0, 0.05) is 32.1 Å². The minimum atomic E-state index is -3.45. The van der Waals surface area contributed by atoms with Gasteiger partial charge >= 0.3 is 0 Å². The van der Waals surface area contributed by atoms with Gasteiger partial charge in [-0.1, -0.05) is 0 Å². The van der Waals surface area contributed by atoms with Gasteiger partial charge in [-0.3, -0.25) is 0 Å². The van der Waals surface area contributed by atoms with Crippen LogP contribution in [0.4, 0.5) is 0 Å². The average molecular weight is 274 g/mol. The monoisotopic (exact) mass is 274 g/mol. The number of H-pyrrole nitrogens is 1. The molecule has 1 saturated heterocycles. The summed E-state index contributed by atoms with van der Waals surface area (Å²) in [5.74, 6) is 0. The summed E-state index contributed by atoms with van der Waals surface area (Å²) < 4.78 is 31.3. The fourth-order valence-corrected chi connectivity index (χ4v) is 3.61. The Hall–Kier alpha value is -0.890. The molecule has 0 saturated carbocycles. The zero-order valence-electron chi connectivity index (χ0n) is 10.3. The van der Waals surface area contributed by atoms with Crippen LogP contribution in [-0.4, -0.2) is 49.1 Å². The van der Waals surface area contributed by atoms with Crippen LogP contribution < -0.4 is 0 Å². The second-order valence-corrected chi connectivity index (χ2v) is 6.30. The Morgan fingerprint density at radius 2 is 2.17 bits per heavy atom. The van der Waals surface area contributed by atoms with Crippen molar-refractivity contribution < 1.29 is 18.3 Å². The molecule has 0 spiro atoms. The van der Waals surface area contributed by atoms with Gasteiger partial charge in [-0.15, -0.1) is 0 Å². The lowest BCUT2D eigenvalue weighted by atomic mass is 10.1. The largest absolute Gasteiger partial charge is 0.390 e. The SMILES string of the molecule is COC1CCN(S(=O)(=O)c2c[nH]c(CO)c2)CC1. The standard InChI is InChI=1S/C11H18N2O4S/c1-17-10-2-4-13(5-3-10)18(15,16)11-6-9(8-14)12-7-11/h6-7,10,12,14H,2-5,8H2,1H3. The molecule has 7 heteroatoms. The number of aliphatic hydroxyl groups is 1.